The molecule has 1 amide bonds. The van der Waals surface area contributed by atoms with Gasteiger partial charge in [0, 0.05) is 49.8 Å². The maximum Gasteiger partial charge on any atom is 0.490 e. The number of aryl methyl sites for hydroxylation is 1. The lowest BCUT2D eigenvalue weighted by Crippen LogP contribution is -2.50. The largest absolute Gasteiger partial charge is 0.490 e. The van der Waals surface area contributed by atoms with Gasteiger partial charge >= 0.3 is 36.4 Å². The van der Waals surface area contributed by atoms with Crippen molar-refractivity contribution in [3.63, 3.8) is 0 Å². The number of carboxylic acids is 3. The Labute approximate surface area is 316 Å². The summed E-state index contributed by atoms with van der Waals surface area (Å²) in [6, 6.07) is 11.9. The number of hydrogen-bond donors (Lipinski definition) is 7. The summed E-state index contributed by atoms with van der Waals surface area (Å²) in [5, 5.41) is 36.6. The summed E-state index contributed by atoms with van der Waals surface area (Å²) < 4.78 is 95.2. The van der Waals surface area contributed by atoms with Crippen molar-refractivity contribution in [1.82, 2.24) is 25.2 Å². The average molecular weight is 830 g/mol. The molecule has 0 bridgehead atoms. The molecule has 57 heavy (non-hydrogen) atoms. The molecule has 0 radical (unpaired) electrons. The van der Waals surface area contributed by atoms with E-state index in [-0.39, 0.29) is 29.8 Å². The number of halogens is 9. The number of nitrogens with two attached hydrogens (primary N) is 1. The van der Waals surface area contributed by atoms with Crippen LogP contribution in [-0.2, 0) is 14.4 Å². The van der Waals surface area contributed by atoms with Gasteiger partial charge in [-0.05, 0) is 44.0 Å². The van der Waals surface area contributed by atoms with E-state index in [1.54, 1.807) is 6.20 Å². The molecule has 1 aliphatic carbocycles. The maximum absolute atomic E-state index is 13.5. The zero-order valence-corrected chi connectivity index (χ0v) is 29.5. The lowest BCUT2D eigenvalue weighted by Gasteiger charge is -2.35. The molecular weight excluding hydrogens is 793 g/mol. The topological polar surface area (TPSA) is 248 Å². The molecule has 1 saturated heterocycles. The number of pyridine rings is 1. The van der Waals surface area contributed by atoms with Crippen LogP contribution in [0.3, 0.4) is 0 Å². The number of nitrogens with zero attached hydrogens (tertiary/aromatic N) is 5. The van der Waals surface area contributed by atoms with E-state index >= 15 is 0 Å². The number of guanidine groups is 1. The summed E-state index contributed by atoms with van der Waals surface area (Å²) in [6.45, 7) is 4.62. The van der Waals surface area contributed by atoms with Crippen LogP contribution in [0, 0.1) is 12.3 Å². The number of aliphatic carboxylic acids is 3. The quantitative estimate of drug-likeness (QED) is 0.107. The van der Waals surface area contributed by atoms with E-state index in [9.17, 15) is 44.3 Å². The van der Waals surface area contributed by atoms with Gasteiger partial charge in [-0.1, -0.05) is 30.5 Å². The third-order valence-corrected chi connectivity index (χ3v) is 7.74. The molecule has 314 valence electrons. The number of carbonyl (C=O) groups excluding carboxylic acids is 1. The van der Waals surface area contributed by atoms with Crippen LogP contribution < -0.4 is 21.3 Å². The number of fused-ring (bicyclic) bond motifs is 1. The summed E-state index contributed by atoms with van der Waals surface area (Å²) in [5.74, 6) is -6.68. The summed E-state index contributed by atoms with van der Waals surface area (Å²) in [6.07, 6.45) is -9.44. The number of rotatable bonds is 5. The zero-order chi connectivity index (χ0) is 43.3. The van der Waals surface area contributed by atoms with Crippen LogP contribution in [0.5, 0.6) is 0 Å². The summed E-state index contributed by atoms with van der Waals surface area (Å²) >= 11 is 0. The van der Waals surface area contributed by atoms with Crippen LogP contribution in [0.15, 0.2) is 42.6 Å². The van der Waals surface area contributed by atoms with E-state index in [1.807, 2.05) is 48.2 Å². The fraction of sp³-hybridized carbons (Fsp3) is 0.438. The number of aromatic nitrogens is 3. The van der Waals surface area contributed by atoms with Gasteiger partial charge in [0.15, 0.2) is 5.96 Å². The van der Waals surface area contributed by atoms with Gasteiger partial charge in [0.1, 0.15) is 11.6 Å². The molecule has 2 fully saturated rings. The molecule has 1 aliphatic heterocycles. The van der Waals surface area contributed by atoms with Crippen LogP contribution in [0.2, 0.25) is 0 Å². The van der Waals surface area contributed by atoms with Gasteiger partial charge in [-0.2, -0.15) is 39.5 Å². The first kappa shape index (κ1) is 47.0. The van der Waals surface area contributed by atoms with Crippen molar-refractivity contribution in [1.29, 1.82) is 5.41 Å². The van der Waals surface area contributed by atoms with Crippen LogP contribution in [0.25, 0.3) is 10.9 Å². The molecule has 2 aliphatic rings. The minimum Gasteiger partial charge on any atom is -0.475 e. The van der Waals surface area contributed by atoms with Gasteiger partial charge in [-0.3, -0.25) is 10.2 Å². The molecular formula is C32H36F9N9O7. The maximum atomic E-state index is 13.5. The first-order chi connectivity index (χ1) is 26.3. The third kappa shape index (κ3) is 15.5. The number of hydrogen-bond acceptors (Lipinski definition) is 10. The van der Waals surface area contributed by atoms with E-state index in [0.29, 0.717) is 32.0 Å². The van der Waals surface area contributed by atoms with Crippen LogP contribution >= 0.6 is 0 Å². The molecule has 1 saturated carbocycles. The molecule has 3 heterocycles. The Kier molecular flexibility index (Phi) is 16.6. The molecule has 5 rings (SSSR count). The second-order valence-corrected chi connectivity index (χ2v) is 12.0. The predicted octanol–water partition coefficient (Wildman–Crippen LogP) is 4.40. The Morgan fingerprint density at radius 1 is 0.789 bits per heavy atom. The van der Waals surface area contributed by atoms with Gasteiger partial charge in [-0.25, -0.2) is 29.3 Å². The van der Waals surface area contributed by atoms with E-state index in [2.05, 4.69) is 25.5 Å². The Bertz CT molecular complexity index is 1800. The highest BCUT2D eigenvalue weighted by Gasteiger charge is 2.39. The highest BCUT2D eigenvalue weighted by Crippen LogP contribution is 2.27. The predicted molar refractivity (Wildman–Crippen MR) is 182 cm³/mol. The molecule has 2 aromatic heterocycles. The number of benzene rings is 1. The molecule has 16 nitrogen and oxygen atoms in total. The Hall–Kier alpha value is -6.17. The summed E-state index contributed by atoms with van der Waals surface area (Å²) in [7, 11) is 0. The van der Waals surface area contributed by atoms with Crippen LogP contribution in [0.4, 0.5) is 51.1 Å². The number of amides is 1. The van der Waals surface area contributed by atoms with Crippen molar-refractivity contribution < 1.29 is 74.0 Å². The third-order valence-electron chi connectivity index (χ3n) is 7.74. The normalized spacial score (nSPS) is 16.9. The second kappa shape index (κ2) is 20.1. The molecule has 25 heteroatoms. The number of carboxylic acid groups (broad SMARTS) is 3. The second-order valence-electron chi connectivity index (χ2n) is 12.0. The number of carbonyl (C=O) groups is 4. The average Bonchev–Trinajstić information content (AvgIpc) is 3.12. The molecule has 3 aromatic rings. The van der Waals surface area contributed by atoms with Gasteiger partial charge < -0.3 is 41.5 Å². The standard InChI is InChI=1S/C26H33N9O.3C2HF3O2/c1-17-9-10-19-18(16-17)23(31-20-6-2-3-7-21(20)32-26(27)28)33-24(30-19)25(36)35-14-12-34(13-15-35)22-8-4-5-11-29-22;3*3-2(4,5)1(6)7/h4-5,8-11,16,20-21H,2-3,6-7,12-15H2,1H3,(H4,27,28,32)(H,30,31,33);3*(H,6,7). The molecule has 1 aromatic carbocycles. The SMILES string of the molecule is Cc1ccc2nc(C(=O)N3CCN(c4ccccn4)CC3)nc(NC3CCCCC3NC(=N)N)c2c1.O=C(O)C(F)(F)F.O=C(O)C(F)(F)F.O=C(O)C(F)(F)F. The number of nitrogens with one attached hydrogen (secondary N) is 3. The van der Waals surface area contributed by atoms with Crippen molar-refractivity contribution in [2.45, 2.75) is 63.2 Å². The lowest BCUT2D eigenvalue weighted by molar-refractivity contribution is -0.193. The van der Waals surface area contributed by atoms with Gasteiger partial charge in [0.05, 0.1) is 5.52 Å². The van der Waals surface area contributed by atoms with Crippen molar-refractivity contribution in [2.75, 3.05) is 36.4 Å². The summed E-state index contributed by atoms with van der Waals surface area (Å²) in [4.78, 5) is 58.0. The number of piperazine rings is 1. The summed E-state index contributed by atoms with van der Waals surface area (Å²) in [5.41, 5.74) is 7.48. The van der Waals surface area contributed by atoms with Crippen molar-refractivity contribution in [3.05, 3.63) is 54.0 Å². The Morgan fingerprint density at radius 3 is 1.75 bits per heavy atom. The number of anilines is 2. The highest BCUT2D eigenvalue weighted by molar-refractivity contribution is 5.97. The van der Waals surface area contributed by atoms with E-state index < -0.39 is 36.4 Å². The van der Waals surface area contributed by atoms with E-state index in [4.69, 9.17) is 45.8 Å². The minimum atomic E-state index is -5.08. The molecule has 2 unspecified atom stereocenters. The fourth-order valence-corrected chi connectivity index (χ4v) is 5.12. The monoisotopic (exact) mass is 829 g/mol. The number of alkyl halides is 9. The smallest absolute Gasteiger partial charge is 0.475 e. The highest BCUT2D eigenvalue weighted by atomic mass is 19.4. The van der Waals surface area contributed by atoms with Gasteiger partial charge in [-0.15, -0.1) is 0 Å². The van der Waals surface area contributed by atoms with Gasteiger partial charge in [0.2, 0.25) is 5.82 Å². The molecule has 0 spiro atoms. The zero-order valence-electron chi connectivity index (χ0n) is 29.5. The van der Waals surface area contributed by atoms with Crippen LogP contribution in [-0.4, -0.2) is 122 Å². The van der Waals surface area contributed by atoms with Crippen molar-refractivity contribution in [2.24, 2.45) is 5.73 Å². The Balaban J connectivity index is 0.000000438. The lowest BCUT2D eigenvalue weighted by atomic mass is 9.90. The van der Waals surface area contributed by atoms with Crippen molar-refractivity contribution >= 4 is 52.3 Å². The first-order valence-electron chi connectivity index (χ1n) is 16.3. The van der Waals surface area contributed by atoms with Gasteiger partial charge in [0.25, 0.3) is 5.91 Å². The van der Waals surface area contributed by atoms with Crippen LogP contribution in [0.1, 0.15) is 41.9 Å². The fourth-order valence-electron chi connectivity index (χ4n) is 5.12. The van der Waals surface area contributed by atoms with Crippen molar-refractivity contribution in [3.8, 4) is 0 Å². The molecule has 8 N–H and O–H groups in total. The Morgan fingerprint density at radius 2 is 1.30 bits per heavy atom. The first-order valence-corrected chi connectivity index (χ1v) is 16.3. The van der Waals surface area contributed by atoms with E-state index in [1.165, 1.54) is 0 Å². The molecule has 2 atom stereocenters. The minimum absolute atomic E-state index is 0.0298. The van der Waals surface area contributed by atoms with E-state index in [0.717, 1.165) is 48.0 Å².